The van der Waals surface area contributed by atoms with Crippen LogP contribution in [-0.4, -0.2) is 31.2 Å². The molecular weight excluding hydrogens is 353 g/mol. The number of hydrogen-bond donors (Lipinski definition) is 2. The molecule has 0 spiro atoms. The van der Waals surface area contributed by atoms with Crippen LogP contribution in [0, 0.1) is 11.7 Å². The number of rotatable bonds is 8. The molecule has 1 unspecified atom stereocenters. The van der Waals surface area contributed by atoms with Crippen molar-refractivity contribution in [1.82, 2.24) is 0 Å². The molecule has 2 aromatic rings. The fraction of sp³-hybridized carbons (Fsp3) is 0.300. The van der Waals surface area contributed by atoms with Gasteiger partial charge in [-0.1, -0.05) is 25.1 Å². The van der Waals surface area contributed by atoms with Crippen LogP contribution in [0.3, 0.4) is 0 Å². The van der Waals surface area contributed by atoms with Gasteiger partial charge in [0, 0.05) is 5.92 Å². The second-order valence-corrected chi connectivity index (χ2v) is 6.08. The lowest BCUT2D eigenvalue weighted by Crippen LogP contribution is -2.21. The summed E-state index contributed by atoms with van der Waals surface area (Å²) >= 11 is 0. The minimum Gasteiger partial charge on any atom is -0.493 e. The van der Waals surface area contributed by atoms with E-state index in [0.717, 1.165) is 0 Å². The van der Waals surface area contributed by atoms with Gasteiger partial charge < -0.3 is 19.9 Å². The first-order valence-corrected chi connectivity index (χ1v) is 8.41. The Balaban J connectivity index is 2.15. The van der Waals surface area contributed by atoms with Crippen molar-refractivity contribution < 1.29 is 28.6 Å². The number of carboxylic acids is 1. The fourth-order valence-corrected chi connectivity index (χ4v) is 2.64. The van der Waals surface area contributed by atoms with E-state index in [1.54, 1.807) is 25.1 Å². The molecule has 0 aliphatic carbocycles. The smallest absolute Gasteiger partial charge is 0.335 e. The maximum atomic E-state index is 13.7. The van der Waals surface area contributed by atoms with E-state index in [1.165, 1.54) is 32.4 Å². The SMILES string of the molecule is COc1cc(C(=O)O)cc(NC(=O)C(C)CCc2ccccc2F)c1OC. The summed E-state index contributed by atoms with van der Waals surface area (Å²) in [5.41, 5.74) is 0.711. The van der Waals surface area contributed by atoms with Crippen molar-refractivity contribution in [2.45, 2.75) is 19.8 Å². The lowest BCUT2D eigenvalue weighted by molar-refractivity contribution is -0.119. The van der Waals surface area contributed by atoms with Crippen LogP contribution < -0.4 is 14.8 Å². The van der Waals surface area contributed by atoms with Crippen molar-refractivity contribution >= 4 is 17.6 Å². The van der Waals surface area contributed by atoms with Gasteiger partial charge in [-0.15, -0.1) is 0 Å². The first-order valence-electron chi connectivity index (χ1n) is 8.41. The van der Waals surface area contributed by atoms with Crippen LogP contribution in [-0.2, 0) is 11.2 Å². The highest BCUT2D eigenvalue weighted by molar-refractivity contribution is 5.97. The Bertz CT molecular complexity index is 837. The number of amides is 1. The fourth-order valence-electron chi connectivity index (χ4n) is 2.64. The zero-order valence-electron chi connectivity index (χ0n) is 15.4. The number of aromatic carboxylic acids is 1. The number of benzene rings is 2. The summed E-state index contributed by atoms with van der Waals surface area (Å²) in [5, 5.41) is 11.9. The third-order valence-corrected chi connectivity index (χ3v) is 4.24. The summed E-state index contributed by atoms with van der Waals surface area (Å²) in [4.78, 5) is 23.8. The van der Waals surface area contributed by atoms with E-state index in [4.69, 9.17) is 9.47 Å². The summed E-state index contributed by atoms with van der Waals surface area (Å²) in [6.07, 6.45) is 0.849. The van der Waals surface area contributed by atoms with Crippen LogP contribution in [0.5, 0.6) is 11.5 Å². The third-order valence-electron chi connectivity index (χ3n) is 4.24. The number of carbonyl (C=O) groups excluding carboxylic acids is 1. The number of carboxylic acid groups (broad SMARTS) is 1. The van der Waals surface area contributed by atoms with Gasteiger partial charge in [-0.25, -0.2) is 9.18 Å². The van der Waals surface area contributed by atoms with Crippen molar-refractivity contribution in [3.63, 3.8) is 0 Å². The average molecular weight is 375 g/mol. The van der Waals surface area contributed by atoms with Crippen LogP contribution in [0.25, 0.3) is 0 Å². The Morgan fingerprint density at radius 2 is 1.89 bits per heavy atom. The zero-order chi connectivity index (χ0) is 20.0. The summed E-state index contributed by atoms with van der Waals surface area (Å²) in [6.45, 7) is 1.72. The molecule has 0 bridgehead atoms. The molecule has 0 saturated carbocycles. The highest BCUT2D eigenvalue weighted by atomic mass is 19.1. The van der Waals surface area contributed by atoms with Crippen LogP contribution in [0.1, 0.15) is 29.3 Å². The first kappa shape index (κ1) is 20.2. The number of ether oxygens (including phenoxy) is 2. The Labute approximate surface area is 156 Å². The molecule has 0 aromatic heterocycles. The highest BCUT2D eigenvalue weighted by Crippen LogP contribution is 2.37. The van der Waals surface area contributed by atoms with E-state index in [2.05, 4.69) is 5.32 Å². The molecule has 1 atom stereocenters. The topological polar surface area (TPSA) is 84.9 Å². The summed E-state index contributed by atoms with van der Waals surface area (Å²) in [7, 11) is 2.78. The van der Waals surface area contributed by atoms with Gasteiger partial charge in [0.1, 0.15) is 5.82 Å². The minimum absolute atomic E-state index is 0.0399. The average Bonchev–Trinajstić information content (AvgIpc) is 2.66. The van der Waals surface area contributed by atoms with E-state index in [0.29, 0.717) is 18.4 Å². The van der Waals surface area contributed by atoms with Crippen molar-refractivity contribution in [2.75, 3.05) is 19.5 Å². The molecule has 27 heavy (non-hydrogen) atoms. The molecule has 0 saturated heterocycles. The molecule has 2 aromatic carbocycles. The standard InChI is InChI=1S/C20H22FNO5/c1-12(8-9-13-6-4-5-7-15(13)21)19(23)22-16-10-14(20(24)25)11-17(26-2)18(16)27-3/h4-7,10-12H,8-9H2,1-3H3,(H,22,23)(H,24,25). The molecule has 0 radical (unpaired) electrons. The Morgan fingerprint density at radius 3 is 2.48 bits per heavy atom. The monoisotopic (exact) mass is 375 g/mol. The first-order chi connectivity index (χ1) is 12.9. The summed E-state index contributed by atoms with van der Waals surface area (Å²) in [6, 6.07) is 9.06. The lowest BCUT2D eigenvalue weighted by Gasteiger charge is -2.17. The van der Waals surface area contributed by atoms with Crippen LogP contribution >= 0.6 is 0 Å². The third kappa shape index (κ3) is 4.97. The normalized spacial score (nSPS) is 11.6. The van der Waals surface area contributed by atoms with Gasteiger partial charge in [-0.05, 0) is 36.6 Å². The van der Waals surface area contributed by atoms with E-state index < -0.39 is 11.9 Å². The minimum atomic E-state index is -1.15. The van der Waals surface area contributed by atoms with Crippen molar-refractivity contribution in [1.29, 1.82) is 0 Å². The van der Waals surface area contributed by atoms with Gasteiger partial charge in [-0.3, -0.25) is 4.79 Å². The predicted molar refractivity (Wildman–Crippen MR) is 99.0 cm³/mol. The number of carbonyl (C=O) groups is 2. The molecule has 0 aliphatic heterocycles. The van der Waals surface area contributed by atoms with Gasteiger partial charge >= 0.3 is 5.97 Å². The molecule has 0 heterocycles. The van der Waals surface area contributed by atoms with E-state index in [1.807, 2.05) is 0 Å². The number of halogens is 1. The van der Waals surface area contributed by atoms with Crippen LogP contribution in [0.15, 0.2) is 36.4 Å². The van der Waals surface area contributed by atoms with Crippen molar-refractivity contribution in [3.8, 4) is 11.5 Å². The van der Waals surface area contributed by atoms with Crippen LogP contribution in [0.2, 0.25) is 0 Å². The van der Waals surface area contributed by atoms with Gasteiger partial charge in [0.25, 0.3) is 0 Å². The molecular formula is C20H22FNO5. The predicted octanol–water partition coefficient (Wildman–Crippen LogP) is 3.75. The molecule has 7 heteroatoms. The summed E-state index contributed by atoms with van der Waals surface area (Å²) in [5.74, 6) is -1.77. The van der Waals surface area contributed by atoms with E-state index in [-0.39, 0.29) is 34.5 Å². The molecule has 0 aliphatic rings. The Hall–Kier alpha value is -3.09. The van der Waals surface area contributed by atoms with Gasteiger partial charge in [0.15, 0.2) is 11.5 Å². The molecule has 0 fully saturated rings. The summed E-state index contributed by atoms with van der Waals surface area (Å²) < 4.78 is 24.1. The largest absolute Gasteiger partial charge is 0.493 e. The maximum absolute atomic E-state index is 13.7. The lowest BCUT2D eigenvalue weighted by atomic mass is 10.00. The van der Waals surface area contributed by atoms with Gasteiger partial charge in [0.05, 0.1) is 25.5 Å². The number of methoxy groups -OCH3 is 2. The van der Waals surface area contributed by atoms with Gasteiger partial charge in [0.2, 0.25) is 5.91 Å². The molecule has 2 rings (SSSR count). The number of aryl methyl sites for hydroxylation is 1. The van der Waals surface area contributed by atoms with Crippen LogP contribution in [0.4, 0.5) is 10.1 Å². The molecule has 2 N–H and O–H groups in total. The maximum Gasteiger partial charge on any atom is 0.335 e. The zero-order valence-corrected chi connectivity index (χ0v) is 15.4. The van der Waals surface area contributed by atoms with E-state index in [9.17, 15) is 19.1 Å². The number of hydrogen-bond acceptors (Lipinski definition) is 4. The quantitative estimate of drug-likeness (QED) is 0.734. The molecule has 1 amide bonds. The van der Waals surface area contributed by atoms with Gasteiger partial charge in [-0.2, -0.15) is 0 Å². The Kier molecular flexibility index (Phi) is 6.76. The van der Waals surface area contributed by atoms with E-state index >= 15 is 0 Å². The number of nitrogens with one attached hydrogen (secondary N) is 1. The molecule has 6 nitrogen and oxygen atoms in total. The molecule has 144 valence electrons. The highest BCUT2D eigenvalue weighted by Gasteiger charge is 2.20. The van der Waals surface area contributed by atoms with Crippen molar-refractivity contribution in [2.24, 2.45) is 5.92 Å². The Morgan fingerprint density at radius 1 is 1.19 bits per heavy atom. The second kappa shape index (κ2) is 9.02. The second-order valence-electron chi connectivity index (χ2n) is 6.08. The number of anilines is 1. The van der Waals surface area contributed by atoms with Crippen molar-refractivity contribution in [3.05, 3.63) is 53.3 Å².